The third-order valence-corrected chi connectivity index (χ3v) is 5.32. The molecule has 1 amide bonds. The van der Waals surface area contributed by atoms with E-state index in [1.54, 1.807) is 47.1 Å². The van der Waals surface area contributed by atoms with Crippen LogP contribution in [-0.2, 0) is 4.74 Å². The number of halogens is 1. The fourth-order valence-electron chi connectivity index (χ4n) is 2.97. The number of anilines is 1. The molecule has 7 nitrogen and oxygen atoms in total. The zero-order valence-corrected chi connectivity index (χ0v) is 18.1. The fourth-order valence-corrected chi connectivity index (χ4v) is 3.59. The summed E-state index contributed by atoms with van der Waals surface area (Å²) in [5.41, 5.74) is 1.89. The van der Waals surface area contributed by atoms with E-state index >= 15 is 0 Å². The van der Waals surface area contributed by atoms with Crippen molar-refractivity contribution in [3.8, 4) is 23.1 Å². The van der Waals surface area contributed by atoms with Crippen LogP contribution in [-0.4, -0.2) is 40.5 Å². The van der Waals surface area contributed by atoms with Crippen LogP contribution < -0.4 is 10.1 Å². The Morgan fingerprint density at radius 1 is 1.12 bits per heavy atom. The van der Waals surface area contributed by atoms with Gasteiger partial charge in [-0.15, -0.1) is 16.4 Å². The third-order valence-electron chi connectivity index (χ3n) is 4.45. The maximum atomic E-state index is 13.8. The monoisotopic (exact) mass is 452 g/mol. The van der Waals surface area contributed by atoms with Gasteiger partial charge in [-0.1, -0.05) is 18.2 Å². The second-order valence-electron chi connectivity index (χ2n) is 6.66. The second-order valence-corrected chi connectivity index (χ2v) is 7.61. The van der Waals surface area contributed by atoms with Crippen LogP contribution in [0.2, 0.25) is 0 Å². The number of hydrogen-bond donors (Lipinski definition) is 1. The molecule has 0 radical (unpaired) electrons. The highest BCUT2D eigenvalue weighted by atomic mass is 32.1. The predicted octanol–water partition coefficient (Wildman–Crippen LogP) is 4.80. The summed E-state index contributed by atoms with van der Waals surface area (Å²) in [6, 6.07) is 17.0. The number of benzene rings is 2. The van der Waals surface area contributed by atoms with Gasteiger partial charge in [-0.05, 0) is 54.8 Å². The number of nitrogens with zero attached hydrogens (tertiary/aromatic N) is 3. The summed E-state index contributed by atoms with van der Waals surface area (Å²) in [6.45, 7) is 3.21. The topological polar surface area (TPSA) is 78.3 Å². The number of aromatic nitrogens is 3. The molecule has 0 atom stereocenters. The van der Waals surface area contributed by atoms with Crippen molar-refractivity contribution in [2.24, 2.45) is 0 Å². The average Bonchev–Trinajstić information content (AvgIpc) is 3.48. The molecule has 0 spiro atoms. The Balaban J connectivity index is 1.59. The molecule has 2 heterocycles. The Bertz CT molecular complexity index is 1180. The van der Waals surface area contributed by atoms with Gasteiger partial charge in [0, 0.05) is 17.9 Å². The van der Waals surface area contributed by atoms with Crippen molar-refractivity contribution in [2.75, 3.05) is 25.1 Å². The van der Waals surface area contributed by atoms with Gasteiger partial charge in [0.25, 0.3) is 5.91 Å². The van der Waals surface area contributed by atoms with Gasteiger partial charge in [0.15, 0.2) is 5.82 Å². The number of nitrogens with one attached hydrogen (secondary N) is 1. The Kier molecular flexibility index (Phi) is 6.88. The van der Waals surface area contributed by atoms with Crippen LogP contribution in [0, 0.1) is 5.82 Å². The van der Waals surface area contributed by atoms with Gasteiger partial charge in [0.1, 0.15) is 12.4 Å². The van der Waals surface area contributed by atoms with Gasteiger partial charge in [0.2, 0.25) is 0 Å². The highest BCUT2D eigenvalue weighted by Crippen LogP contribution is 2.25. The maximum Gasteiger partial charge on any atom is 0.336 e. The van der Waals surface area contributed by atoms with Crippen LogP contribution in [0.25, 0.3) is 17.1 Å². The molecule has 0 fully saturated rings. The molecule has 32 heavy (non-hydrogen) atoms. The van der Waals surface area contributed by atoms with E-state index in [-0.39, 0.29) is 17.7 Å². The number of amides is 1. The number of ether oxygens (including phenoxy) is 2. The maximum absolute atomic E-state index is 13.8. The number of rotatable bonds is 9. The van der Waals surface area contributed by atoms with Crippen LogP contribution in [0.4, 0.5) is 10.1 Å². The number of carbonyl (C=O) groups excluding carboxylic acids is 1. The van der Waals surface area contributed by atoms with Crippen LogP contribution in [0.15, 0.2) is 66.0 Å². The Morgan fingerprint density at radius 3 is 2.69 bits per heavy atom. The molecule has 0 saturated heterocycles. The first-order valence-electron chi connectivity index (χ1n) is 10.0. The summed E-state index contributed by atoms with van der Waals surface area (Å²) in [7, 11) is 0. The molecular formula is C23H21FN4O3S. The molecule has 0 saturated carbocycles. The zero-order valence-electron chi connectivity index (χ0n) is 17.3. The van der Waals surface area contributed by atoms with Crippen LogP contribution in [0.3, 0.4) is 0 Å². The molecule has 4 aromatic rings. The van der Waals surface area contributed by atoms with Gasteiger partial charge in [-0.25, -0.2) is 9.07 Å². The van der Waals surface area contributed by atoms with E-state index in [1.165, 1.54) is 23.5 Å². The minimum Gasteiger partial charge on any atom is -0.460 e. The SMILES string of the molecule is CCOCCOc1nc(-c2cccc(F)c2)n(-c2ccc(NC(=O)c3cccs3)cc2)n1. The standard InChI is InChI=1S/C23H21FN4O3S/c1-2-30-12-13-31-23-26-21(16-5-3-6-17(24)15-16)28(27-23)19-10-8-18(9-11-19)25-22(29)20-7-4-14-32-20/h3-11,14-15H,2,12-13H2,1H3,(H,25,29). The summed E-state index contributed by atoms with van der Waals surface area (Å²) >= 11 is 1.38. The van der Waals surface area contributed by atoms with Crippen molar-refractivity contribution in [2.45, 2.75) is 6.92 Å². The van der Waals surface area contributed by atoms with Gasteiger partial charge in [-0.2, -0.15) is 4.98 Å². The van der Waals surface area contributed by atoms with E-state index < -0.39 is 0 Å². The molecule has 0 aliphatic rings. The largest absolute Gasteiger partial charge is 0.460 e. The second kappa shape index (κ2) is 10.2. The lowest BCUT2D eigenvalue weighted by Gasteiger charge is -2.08. The molecule has 4 rings (SSSR count). The number of carbonyl (C=O) groups is 1. The lowest BCUT2D eigenvalue weighted by molar-refractivity contribution is 0.103. The highest BCUT2D eigenvalue weighted by molar-refractivity contribution is 7.12. The highest BCUT2D eigenvalue weighted by Gasteiger charge is 2.16. The molecule has 9 heteroatoms. The normalized spacial score (nSPS) is 10.8. The molecule has 164 valence electrons. The minimum absolute atomic E-state index is 0.166. The van der Waals surface area contributed by atoms with Crippen molar-refractivity contribution < 1.29 is 18.7 Å². The zero-order chi connectivity index (χ0) is 22.3. The van der Waals surface area contributed by atoms with Gasteiger partial charge < -0.3 is 14.8 Å². The molecule has 2 aromatic heterocycles. The first-order chi connectivity index (χ1) is 15.6. The molecule has 0 aliphatic carbocycles. The Hall–Kier alpha value is -3.56. The van der Waals surface area contributed by atoms with Gasteiger partial charge >= 0.3 is 6.01 Å². The summed E-state index contributed by atoms with van der Waals surface area (Å²) in [4.78, 5) is 17.3. The summed E-state index contributed by atoms with van der Waals surface area (Å²) in [6.07, 6.45) is 0. The molecule has 0 unspecified atom stereocenters. The van der Waals surface area contributed by atoms with Crippen molar-refractivity contribution >= 4 is 22.9 Å². The smallest absolute Gasteiger partial charge is 0.336 e. The molecule has 2 aromatic carbocycles. The Labute approximate surface area is 188 Å². The quantitative estimate of drug-likeness (QED) is 0.369. The molecular weight excluding hydrogens is 431 g/mol. The van der Waals surface area contributed by atoms with Crippen molar-refractivity contribution in [1.29, 1.82) is 0 Å². The van der Waals surface area contributed by atoms with Crippen LogP contribution in [0.1, 0.15) is 16.6 Å². The summed E-state index contributed by atoms with van der Waals surface area (Å²) in [5.74, 6) is -0.104. The van der Waals surface area contributed by atoms with Crippen molar-refractivity contribution in [3.63, 3.8) is 0 Å². The molecule has 1 N–H and O–H groups in total. The van der Waals surface area contributed by atoms with Crippen LogP contribution in [0.5, 0.6) is 6.01 Å². The van der Waals surface area contributed by atoms with E-state index in [2.05, 4.69) is 15.4 Å². The molecule has 0 bridgehead atoms. The third kappa shape index (κ3) is 5.19. The number of thiophene rings is 1. The van der Waals surface area contributed by atoms with E-state index in [0.717, 1.165) is 0 Å². The lowest BCUT2D eigenvalue weighted by Crippen LogP contribution is -2.10. The van der Waals surface area contributed by atoms with Gasteiger partial charge in [-0.3, -0.25) is 4.79 Å². The first-order valence-corrected chi connectivity index (χ1v) is 10.9. The predicted molar refractivity (Wildman–Crippen MR) is 121 cm³/mol. The average molecular weight is 453 g/mol. The first kappa shape index (κ1) is 21.7. The van der Waals surface area contributed by atoms with Crippen molar-refractivity contribution in [3.05, 3.63) is 76.7 Å². The Morgan fingerprint density at radius 2 is 1.97 bits per heavy atom. The van der Waals surface area contributed by atoms with Crippen LogP contribution >= 0.6 is 11.3 Å². The van der Waals surface area contributed by atoms with E-state index in [1.807, 2.05) is 18.4 Å². The van der Waals surface area contributed by atoms with E-state index in [0.29, 0.717) is 47.5 Å². The van der Waals surface area contributed by atoms with Gasteiger partial charge in [0.05, 0.1) is 17.2 Å². The van der Waals surface area contributed by atoms with Crippen molar-refractivity contribution in [1.82, 2.24) is 14.8 Å². The lowest BCUT2D eigenvalue weighted by atomic mass is 10.2. The van der Waals surface area contributed by atoms with E-state index in [9.17, 15) is 9.18 Å². The number of hydrogen-bond acceptors (Lipinski definition) is 6. The fraction of sp³-hybridized carbons (Fsp3) is 0.174. The summed E-state index contributed by atoms with van der Waals surface area (Å²) < 4.78 is 26.3. The summed E-state index contributed by atoms with van der Waals surface area (Å²) in [5, 5.41) is 9.15. The minimum atomic E-state index is -0.373. The molecule has 0 aliphatic heterocycles. The van der Waals surface area contributed by atoms with E-state index in [4.69, 9.17) is 9.47 Å².